The highest BCUT2D eigenvalue weighted by atomic mass is 79.9. The van der Waals surface area contributed by atoms with Crippen LogP contribution in [0.3, 0.4) is 0 Å². The molecule has 1 N–H and O–H groups in total. The van der Waals surface area contributed by atoms with E-state index in [4.69, 9.17) is 6.42 Å². The Morgan fingerprint density at radius 2 is 2.29 bits per heavy atom. The molecule has 0 aromatic heterocycles. The second-order valence-electron chi connectivity index (χ2n) is 3.23. The molecule has 0 radical (unpaired) electrons. The molecule has 74 valence electrons. The van der Waals surface area contributed by atoms with Crippen LogP contribution in [-0.2, 0) is 6.42 Å². The summed E-state index contributed by atoms with van der Waals surface area (Å²) in [5.41, 5.74) is 1.13. The molecule has 0 aliphatic carbocycles. The van der Waals surface area contributed by atoms with E-state index in [-0.39, 0.29) is 6.10 Å². The van der Waals surface area contributed by atoms with E-state index >= 15 is 0 Å². The lowest BCUT2D eigenvalue weighted by Crippen LogP contribution is -2.09. The van der Waals surface area contributed by atoms with Gasteiger partial charge < -0.3 is 5.11 Å². The Balaban J connectivity index is 2.48. The molecule has 0 saturated heterocycles. The monoisotopic (exact) mass is 252 g/mol. The van der Waals surface area contributed by atoms with Crippen LogP contribution in [0.1, 0.15) is 18.4 Å². The van der Waals surface area contributed by atoms with E-state index in [1.54, 1.807) is 0 Å². The number of hydrogen-bond donors (Lipinski definition) is 1. The first-order valence-electron chi connectivity index (χ1n) is 4.58. The van der Waals surface area contributed by atoms with E-state index in [9.17, 15) is 5.11 Å². The van der Waals surface area contributed by atoms with Crippen molar-refractivity contribution in [1.29, 1.82) is 0 Å². The van der Waals surface area contributed by atoms with Crippen molar-refractivity contribution >= 4 is 15.9 Å². The Labute approximate surface area is 93.3 Å². The number of aliphatic hydroxyl groups excluding tert-OH is 1. The number of hydrogen-bond acceptors (Lipinski definition) is 1. The van der Waals surface area contributed by atoms with Crippen molar-refractivity contribution in [2.24, 2.45) is 0 Å². The lowest BCUT2D eigenvalue weighted by Gasteiger charge is -2.08. The van der Waals surface area contributed by atoms with Gasteiger partial charge in [0.05, 0.1) is 6.10 Å². The highest BCUT2D eigenvalue weighted by molar-refractivity contribution is 9.10. The number of benzene rings is 1. The Bertz CT molecular complexity index is 327. The van der Waals surface area contributed by atoms with E-state index in [2.05, 4.69) is 21.9 Å². The highest BCUT2D eigenvalue weighted by Gasteiger charge is 2.04. The number of rotatable bonds is 4. The van der Waals surface area contributed by atoms with Crippen molar-refractivity contribution < 1.29 is 5.11 Å². The van der Waals surface area contributed by atoms with Gasteiger partial charge in [-0.3, -0.25) is 0 Å². The van der Waals surface area contributed by atoms with Crippen LogP contribution in [0.4, 0.5) is 0 Å². The van der Waals surface area contributed by atoms with Gasteiger partial charge in [-0.1, -0.05) is 28.1 Å². The highest BCUT2D eigenvalue weighted by Crippen LogP contribution is 2.14. The van der Waals surface area contributed by atoms with Gasteiger partial charge in [-0.15, -0.1) is 12.3 Å². The van der Waals surface area contributed by atoms with Crippen molar-refractivity contribution in [3.8, 4) is 12.3 Å². The first-order chi connectivity index (χ1) is 6.72. The van der Waals surface area contributed by atoms with Crippen LogP contribution in [0.15, 0.2) is 28.7 Å². The molecule has 0 amide bonds. The predicted octanol–water partition coefficient (Wildman–Crippen LogP) is 2.77. The molecule has 14 heavy (non-hydrogen) atoms. The SMILES string of the molecule is C#CCCC(O)Cc1cccc(Br)c1. The number of terminal acetylenes is 1. The van der Waals surface area contributed by atoms with Crippen molar-refractivity contribution in [2.75, 3.05) is 0 Å². The average Bonchev–Trinajstić information content (AvgIpc) is 2.15. The predicted molar refractivity (Wildman–Crippen MR) is 61.9 cm³/mol. The van der Waals surface area contributed by atoms with Gasteiger partial charge in [-0.05, 0) is 30.5 Å². The summed E-state index contributed by atoms with van der Waals surface area (Å²) in [5, 5.41) is 9.61. The molecule has 1 aromatic carbocycles. The van der Waals surface area contributed by atoms with Gasteiger partial charge in [0.2, 0.25) is 0 Å². The summed E-state index contributed by atoms with van der Waals surface area (Å²) in [6, 6.07) is 7.95. The zero-order valence-electron chi connectivity index (χ0n) is 7.91. The lowest BCUT2D eigenvalue weighted by molar-refractivity contribution is 0.166. The summed E-state index contributed by atoms with van der Waals surface area (Å²) in [7, 11) is 0. The summed E-state index contributed by atoms with van der Waals surface area (Å²) in [4.78, 5) is 0. The minimum Gasteiger partial charge on any atom is -0.393 e. The molecule has 0 heterocycles. The molecule has 1 rings (SSSR count). The summed E-state index contributed by atoms with van der Waals surface area (Å²) < 4.78 is 1.04. The largest absolute Gasteiger partial charge is 0.393 e. The Morgan fingerprint density at radius 3 is 2.93 bits per heavy atom. The summed E-state index contributed by atoms with van der Waals surface area (Å²) in [6.07, 6.45) is 6.76. The van der Waals surface area contributed by atoms with Crippen LogP contribution < -0.4 is 0 Å². The molecule has 1 atom stereocenters. The van der Waals surface area contributed by atoms with Crippen molar-refractivity contribution in [3.05, 3.63) is 34.3 Å². The summed E-state index contributed by atoms with van der Waals surface area (Å²) in [6.45, 7) is 0. The standard InChI is InChI=1S/C12H13BrO/c1-2-3-7-12(14)9-10-5-4-6-11(13)8-10/h1,4-6,8,12,14H,3,7,9H2. The minimum absolute atomic E-state index is 0.333. The lowest BCUT2D eigenvalue weighted by atomic mass is 10.0. The van der Waals surface area contributed by atoms with E-state index in [1.807, 2.05) is 24.3 Å². The van der Waals surface area contributed by atoms with Crippen molar-refractivity contribution in [1.82, 2.24) is 0 Å². The van der Waals surface area contributed by atoms with Gasteiger partial charge in [0.15, 0.2) is 0 Å². The quantitative estimate of drug-likeness (QED) is 0.818. The van der Waals surface area contributed by atoms with Crippen LogP contribution in [0.5, 0.6) is 0 Å². The Hall–Kier alpha value is -0.780. The molecular formula is C12H13BrO. The molecular weight excluding hydrogens is 240 g/mol. The molecule has 1 unspecified atom stereocenters. The van der Waals surface area contributed by atoms with Crippen LogP contribution in [0.2, 0.25) is 0 Å². The first-order valence-corrected chi connectivity index (χ1v) is 5.37. The topological polar surface area (TPSA) is 20.2 Å². The number of aliphatic hydroxyl groups is 1. The third-order valence-electron chi connectivity index (χ3n) is 1.98. The fourth-order valence-electron chi connectivity index (χ4n) is 1.29. The van der Waals surface area contributed by atoms with Gasteiger partial charge in [-0.2, -0.15) is 0 Å². The molecule has 0 bridgehead atoms. The van der Waals surface area contributed by atoms with Crippen LogP contribution in [-0.4, -0.2) is 11.2 Å². The maximum absolute atomic E-state index is 9.61. The maximum Gasteiger partial charge on any atom is 0.0589 e. The smallest absolute Gasteiger partial charge is 0.0589 e. The van der Waals surface area contributed by atoms with Crippen LogP contribution in [0, 0.1) is 12.3 Å². The Morgan fingerprint density at radius 1 is 1.50 bits per heavy atom. The van der Waals surface area contributed by atoms with Gasteiger partial charge in [0.1, 0.15) is 0 Å². The molecule has 0 fully saturated rings. The third kappa shape index (κ3) is 3.95. The van der Waals surface area contributed by atoms with Gasteiger partial charge >= 0.3 is 0 Å². The summed E-state index contributed by atoms with van der Waals surface area (Å²) in [5.74, 6) is 2.53. The molecule has 1 aromatic rings. The van der Waals surface area contributed by atoms with E-state index in [1.165, 1.54) is 0 Å². The molecule has 0 aliphatic rings. The fourth-order valence-corrected chi connectivity index (χ4v) is 1.73. The van der Waals surface area contributed by atoms with Gasteiger partial charge in [0.25, 0.3) is 0 Å². The van der Waals surface area contributed by atoms with E-state index in [0.29, 0.717) is 19.3 Å². The molecule has 0 saturated carbocycles. The minimum atomic E-state index is -0.333. The second-order valence-corrected chi connectivity index (χ2v) is 4.15. The van der Waals surface area contributed by atoms with Crippen molar-refractivity contribution in [2.45, 2.75) is 25.4 Å². The first kappa shape index (κ1) is 11.3. The zero-order valence-corrected chi connectivity index (χ0v) is 9.50. The van der Waals surface area contributed by atoms with E-state index in [0.717, 1.165) is 10.0 Å². The number of halogens is 1. The normalized spacial score (nSPS) is 12.1. The van der Waals surface area contributed by atoms with Gasteiger partial charge in [0, 0.05) is 10.9 Å². The molecule has 0 aliphatic heterocycles. The van der Waals surface area contributed by atoms with Gasteiger partial charge in [-0.25, -0.2) is 0 Å². The molecule has 2 heteroatoms. The van der Waals surface area contributed by atoms with Crippen LogP contribution >= 0.6 is 15.9 Å². The summed E-state index contributed by atoms with van der Waals surface area (Å²) >= 11 is 3.39. The van der Waals surface area contributed by atoms with Crippen molar-refractivity contribution in [3.63, 3.8) is 0 Å². The fraction of sp³-hybridized carbons (Fsp3) is 0.333. The third-order valence-corrected chi connectivity index (χ3v) is 2.48. The maximum atomic E-state index is 9.61. The molecule has 1 nitrogen and oxygen atoms in total. The average molecular weight is 253 g/mol. The Kier molecular flexibility index (Phi) is 4.72. The van der Waals surface area contributed by atoms with Crippen LogP contribution in [0.25, 0.3) is 0 Å². The second kappa shape index (κ2) is 5.85. The van der Waals surface area contributed by atoms with E-state index < -0.39 is 0 Å². The molecule has 0 spiro atoms. The zero-order chi connectivity index (χ0) is 10.4.